The Balaban J connectivity index is 1.88. The fourth-order valence-electron chi connectivity index (χ4n) is 2.51. The van der Waals surface area contributed by atoms with Crippen molar-refractivity contribution < 1.29 is 0 Å². The molecule has 0 N–H and O–H groups in total. The van der Waals surface area contributed by atoms with Crippen LogP contribution in [0.5, 0.6) is 0 Å². The third kappa shape index (κ3) is 1.84. The molecule has 1 radical (unpaired) electrons. The van der Waals surface area contributed by atoms with Crippen molar-refractivity contribution in [3.05, 3.63) is 59.5 Å². The molecule has 0 heteroatoms. The summed E-state index contributed by atoms with van der Waals surface area (Å²) in [6.07, 6.45) is 8.59. The van der Waals surface area contributed by atoms with E-state index in [1.165, 1.54) is 24.0 Å². The summed E-state index contributed by atoms with van der Waals surface area (Å²) in [6, 6.07) is 10.7. The zero-order valence-electron chi connectivity index (χ0n) is 9.74. The second-order valence-electron chi connectivity index (χ2n) is 4.91. The molecule has 0 bridgehead atoms. The van der Waals surface area contributed by atoms with Crippen molar-refractivity contribution in [2.75, 3.05) is 0 Å². The van der Waals surface area contributed by atoms with Crippen LogP contribution in [0, 0.1) is 11.8 Å². The van der Waals surface area contributed by atoms with Gasteiger partial charge in [-0.15, -0.1) is 0 Å². The Kier molecular flexibility index (Phi) is 2.43. The maximum atomic E-state index is 2.35. The van der Waals surface area contributed by atoms with Crippen LogP contribution in [0.1, 0.15) is 31.7 Å². The van der Waals surface area contributed by atoms with Gasteiger partial charge in [0.05, 0.1) is 0 Å². The number of benzene rings is 1. The summed E-state index contributed by atoms with van der Waals surface area (Å²) < 4.78 is 0. The largest absolute Gasteiger partial charge is 0.0622 e. The van der Waals surface area contributed by atoms with Crippen molar-refractivity contribution in [2.24, 2.45) is 5.92 Å². The molecule has 1 aromatic rings. The van der Waals surface area contributed by atoms with Crippen LogP contribution in [0.25, 0.3) is 5.57 Å². The molecule has 1 aromatic carbocycles. The van der Waals surface area contributed by atoms with Gasteiger partial charge >= 0.3 is 0 Å². The quantitative estimate of drug-likeness (QED) is 0.677. The van der Waals surface area contributed by atoms with Crippen LogP contribution in [-0.2, 0) is 0 Å². The summed E-state index contributed by atoms with van der Waals surface area (Å²) in [7, 11) is 0. The van der Waals surface area contributed by atoms with Gasteiger partial charge in [-0.05, 0) is 36.3 Å². The highest BCUT2D eigenvalue weighted by atomic mass is 14.3. The minimum absolute atomic E-state index is 0.883. The number of rotatable bonds is 2. The van der Waals surface area contributed by atoms with Gasteiger partial charge in [-0.3, -0.25) is 0 Å². The highest BCUT2D eigenvalue weighted by molar-refractivity contribution is 5.71. The van der Waals surface area contributed by atoms with E-state index in [1.54, 1.807) is 11.5 Å². The standard InChI is InChI=1S/C16H17/c1-12-11-15(13-5-3-2-4-6-13)9-10-16(12)14-7-8-14/h2-6,9-10,14H,7-8,11H2,1H3. The van der Waals surface area contributed by atoms with Crippen LogP contribution in [0.2, 0.25) is 0 Å². The van der Waals surface area contributed by atoms with Crippen LogP contribution in [-0.4, -0.2) is 0 Å². The molecule has 16 heavy (non-hydrogen) atoms. The molecule has 0 unspecified atom stereocenters. The number of allylic oxidation sites excluding steroid dienone is 4. The van der Waals surface area contributed by atoms with Gasteiger partial charge in [-0.2, -0.15) is 0 Å². The van der Waals surface area contributed by atoms with E-state index in [4.69, 9.17) is 0 Å². The maximum Gasteiger partial charge on any atom is 0.00244 e. The second-order valence-corrected chi connectivity index (χ2v) is 4.91. The monoisotopic (exact) mass is 209 g/mol. The van der Waals surface area contributed by atoms with Crippen molar-refractivity contribution in [3.8, 4) is 0 Å². The smallest absolute Gasteiger partial charge is 0.00244 e. The minimum Gasteiger partial charge on any atom is -0.0622 e. The lowest BCUT2D eigenvalue weighted by Gasteiger charge is -2.21. The molecule has 0 aromatic heterocycles. The van der Waals surface area contributed by atoms with E-state index in [0.717, 1.165) is 12.3 Å². The SMILES string of the molecule is C[C]1CC(c2ccccc2)=CC=C1C1CC1. The molecule has 0 atom stereocenters. The van der Waals surface area contributed by atoms with Gasteiger partial charge in [0.15, 0.2) is 0 Å². The fourth-order valence-corrected chi connectivity index (χ4v) is 2.51. The molecule has 0 saturated heterocycles. The third-order valence-corrected chi connectivity index (χ3v) is 3.57. The maximum absolute atomic E-state index is 2.35. The number of hydrogen-bond acceptors (Lipinski definition) is 0. The predicted octanol–water partition coefficient (Wildman–Crippen LogP) is 4.40. The summed E-state index contributed by atoms with van der Waals surface area (Å²) >= 11 is 0. The molecule has 1 fully saturated rings. The van der Waals surface area contributed by atoms with Crippen molar-refractivity contribution in [2.45, 2.75) is 26.2 Å². The van der Waals surface area contributed by atoms with Crippen molar-refractivity contribution in [3.63, 3.8) is 0 Å². The van der Waals surface area contributed by atoms with E-state index in [1.807, 2.05) is 0 Å². The van der Waals surface area contributed by atoms with Crippen LogP contribution < -0.4 is 0 Å². The second kappa shape index (κ2) is 3.93. The summed E-state index contributed by atoms with van der Waals surface area (Å²) in [5.74, 6) is 2.46. The van der Waals surface area contributed by atoms with Gasteiger partial charge in [0, 0.05) is 5.92 Å². The molecule has 0 heterocycles. The molecular weight excluding hydrogens is 192 g/mol. The Labute approximate surface area is 97.7 Å². The van der Waals surface area contributed by atoms with Crippen molar-refractivity contribution in [1.29, 1.82) is 0 Å². The Morgan fingerprint density at radius 2 is 1.75 bits per heavy atom. The van der Waals surface area contributed by atoms with E-state index in [-0.39, 0.29) is 0 Å². The summed E-state index contributed by atoms with van der Waals surface area (Å²) in [6.45, 7) is 2.29. The van der Waals surface area contributed by atoms with Gasteiger partial charge in [-0.1, -0.05) is 55.0 Å². The van der Waals surface area contributed by atoms with E-state index in [0.29, 0.717) is 0 Å². The lowest BCUT2D eigenvalue weighted by atomic mass is 9.83. The Morgan fingerprint density at radius 3 is 2.38 bits per heavy atom. The minimum atomic E-state index is 0.883. The molecule has 0 nitrogen and oxygen atoms in total. The summed E-state index contributed by atoms with van der Waals surface area (Å²) in [5, 5.41) is 0. The van der Waals surface area contributed by atoms with Gasteiger partial charge in [0.1, 0.15) is 0 Å². The van der Waals surface area contributed by atoms with Crippen molar-refractivity contribution >= 4 is 5.57 Å². The predicted molar refractivity (Wildman–Crippen MR) is 68.8 cm³/mol. The molecule has 3 rings (SSSR count). The highest BCUT2D eigenvalue weighted by Crippen LogP contribution is 2.45. The Bertz CT molecular complexity index is 432. The van der Waals surface area contributed by atoms with Gasteiger partial charge in [0.2, 0.25) is 0 Å². The van der Waals surface area contributed by atoms with Gasteiger partial charge < -0.3 is 0 Å². The zero-order valence-corrected chi connectivity index (χ0v) is 9.74. The first-order valence-electron chi connectivity index (χ1n) is 6.13. The van der Waals surface area contributed by atoms with Crippen LogP contribution in [0.15, 0.2) is 48.1 Å². The van der Waals surface area contributed by atoms with Gasteiger partial charge in [-0.25, -0.2) is 0 Å². The van der Waals surface area contributed by atoms with Crippen LogP contribution in [0.4, 0.5) is 0 Å². The first-order valence-corrected chi connectivity index (χ1v) is 6.13. The lowest BCUT2D eigenvalue weighted by molar-refractivity contribution is 0.887. The van der Waals surface area contributed by atoms with Crippen LogP contribution in [0.3, 0.4) is 0 Å². The molecule has 81 valence electrons. The summed E-state index contributed by atoms with van der Waals surface area (Å²) in [5.41, 5.74) is 4.44. The first kappa shape index (κ1) is 9.89. The normalized spacial score (nSPS) is 21.6. The zero-order chi connectivity index (χ0) is 11.0. The number of hydrogen-bond donors (Lipinski definition) is 0. The summed E-state index contributed by atoms with van der Waals surface area (Å²) in [4.78, 5) is 0. The third-order valence-electron chi connectivity index (χ3n) is 3.57. The van der Waals surface area contributed by atoms with Crippen molar-refractivity contribution in [1.82, 2.24) is 0 Å². The van der Waals surface area contributed by atoms with E-state index >= 15 is 0 Å². The van der Waals surface area contributed by atoms with E-state index in [9.17, 15) is 0 Å². The lowest BCUT2D eigenvalue weighted by Crippen LogP contribution is -2.04. The molecule has 1 saturated carbocycles. The molecule has 0 spiro atoms. The van der Waals surface area contributed by atoms with Gasteiger partial charge in [0.25, 0.3) is 0 Å². The fraction of sp³-hybridized carbons (Fsp3) is 0.312. The van der Waals surface area contributed by atoms with Crippen LogP contribution >= 0.6 is 0 Å². The molecule has 2 aliphatic rings. The first-order chi connectivity index (χ1) is 7.84. The average molecular weight is 209 g/mol. The molecule has 2 aliphatic carbocycles. The molecule has 0 aliphatic heterocycles. The molecular formula is C16H17. The van der Waals surface area contributed by atoms with E-state index < -0.39 is 0 Å². The van der Waals surface area contributed by atoms with E-state index in [2.05, 4.69) is 49.4 Å². The molecule has 0 amide bonds. The topological polar surface area (TPSA) is 0 Å². The average Bonchev–Trinajstić information content (AvgIpc) is 3.14. The highest BCUT2D eigenvalue weighted by Gasteiger charge is 2.30. The Morgan fingerprint density at radius 1 is 1.00 bits per heavy atom. The Hall–Kier alpha value is -1.30.